The first-order chi connectivity index (χ1) is 26.5. The number of rotatable bonds is 28. The molecule has 0 aromatic rings. The Morgan fingerprint density at radius 2 is 0.704 bits per heavy atom. The summed E-state index contributed by atoms with van der Waals surface area (Å²) in [5.74, 6) is -2.15. The molecule has 7 aliphatic rings. The van der Waals surface area contributed by atoms with Gasteiger partial charge in [0.05, 0.1) is 167 Å². The van der Waals surface area contributed by atoms with Crippen LogP contribution in [0, 0.1) is 23.7 Å². The van der Waals surface area contributed by atoms with E-state index in [-0.39, 0.29) is 98.0 Å². The Labute approximate surface area is 314 Å². The summed E-state index contributed by atoms with van der Waals surface area (Å²) >= 11 is 0. The van der Waals surface area contributed by atoms with E-state index in [0.717, 1.165) is 17.6 Å². The monoisotopic (exact) mass is 758 g/mol. The molecule has 4 bridgehead atoms. The molecule has 6 heterocycles. The highest BCUT2D eigenvalue weighted by atomic mass is 16.6. The highest BCUT2D eigenvalue weighted by molar-refractivity contribution is 6.07. The average Bonchev–Trinajstić information content (AvgIpc) is 4.02. The minimum absolute atomic E-state index is 0.160. The second-order valence-corrected chi connectivity index (χ2v) is 13.9. The summed E-state index contributed by atoms with van der Waals surface area (Å²) in [5.41, 5.74) is 5.49. The number of ether oxygens (including phenoxy) is 10. The van der Waals surface area contributed by atoms with Crippen LogP contribution in [0.5, 0.6) is 0 Å². The lowest BCUT2D eigenvalue weighted by atomic mass is 9.85. The summed E-state index contributed by atoms with van der Waals surface area (Å²) in [5, 5.41) is 0. The summed E-state index contributed by atoms with van der Waals surface area (Å²) in [6.45, 7) is 7.28. The molecule has 16 nitrogen and oxygen atoms in total. The van der Waals surface area contributed by atoms with Gasteiger partial charge in [0.15, 0.2) is 0 Å². The first-order valence-electron chi connectivity index (χ1n) is 19.0. The van der Waals surface area contributed by atoms with Crippen molar-refractivity contribution in [3.8, 4) is 0 Å². The summed E-state index contributed by atoms with van der Waals surface area (Å²) in [7, 11) is 0. The van der Waals surface area contributed by atoms with E-state index in [0.29, 0.717) is 92.5 Å². The van der Waals surface area contributed by atoms with Gasteiger partial charge in [0.25, 0.3) is 0 Å². The Bertz CT molecular complexity index is 1330. The van der Waals surface area contributed by atoms with Gasteiger partial charge in [-0.05, 0) is 0 Å². The number of amides is 4. The van der Waals surface area contributed by atoms with Crippen molar-refractivity contribution in [1.29, 1.82) is 0 Å². The molecule has 0 aromatic heterocycles. The fourth-order valence-electron chi connectivity index (χ4n) is 7.86. The summed E-state index contributed by atoms with van der Waals surface area (Å²) in [4.78, 5) is 53.0. The highest BCUT2D eigenvalue weighted by Crippen LogP contribution is 2.46. The SMILES string of the molecule is O=C1[C@@H]2[C@H](C(=O)N1CCOCCOCCOCCOCC1=C=C(COCCOCCOCCOCCN3C(=O)[C@@H]4[C@H](C3=O)[C@@H]3C=C[C@H]4O3)C1)[C@@H]1C=C[C@H]2O1. The third-order valence-corrected chi connectivity index (χ3v) is 10.5. The molecule has 0 spiro atoms. The van der Waals surface area contributed by atoms with Crippen molar-refractivity contribution < 1.29 is 66.5 Å². The van der Waals surface area contributed by atoms with Gasteiger partial charge in [-0.2, -0.15) is 0 Å². The largest absolute Gasteiger partial charge is 0.377 e. The van der Waals surface area contributed by atoms with E-state index in [1.54, 1.807) is 0 Å². The molecule has 54 heavy (non-hydrogen) atoms. The first-order valence-corrected chi connectivity index (χ1v) is 19.0. The molecule has 296 valence electrons. The van der Waals surface area contributed by atoms with E-state index in [1.165, 1.54) is 9.80 Å². The van der Waals surface area contributed by atoms with Crippen LogP contribution in [0.25, 0.3) is 0 Å². The lowest BCUT2D eigenvalue weighted by Gasteiger charge is -2.17. The second kappa shape index (κ2) is 19.2. The Hall–Kier alpha value is -3.12. The number of imide groups is 2. The van der Waals surface area contributed by atoms with E-state index in [4.69, 9.17) is 47.4 Å². The molecule has 4 amide bonds. The van der Waals surface area contributed by atoms with Crippen LogP contribution >= 0.6 is 0 Å². The minimum Gasteiger partial charge on any atom is -0.377 e. The standard InChI is InChI=1S/C38H50N2O14/c41-35-31-27-1-2-28(53-27)32(31)36(42)39(35)5-7-45-9-11-47-13-15-49-17-19-51-23-25-21-26(22-25)24-52-20-18-50-16-14-48-12-10-46-8-6-40-37(43)33-29-3-4-30(54-29)34(33)38(40)44/h1-4,27-34H,5-21,23-24H2/t27-,28+,29-,30+,31+,32-,33+,34-. The van der Waals surface area contributed by atoms with Gasteiger partial charge < -0.3 is 47.4 Å². The van der Waals surface area contributed by atoms with Gasteiger partial charge in [0.1, 0.15) is 0 Å². The van der Waals surface area contributed by atoms with E-state index in [1.807, 2.05) is 24.3 Å². The van der Waals surface area contributed by atoms with Gasteiger partial charge in [0, 0.05) is 17.6 Å². The molecule has 0 aromatic carbocycles. The molecule has 16 heteroatoms. The second-order valence-electron chi connectivity index (χ2n) is 13.9. The third-order valence-electron chi connectivity index (χ3n) is 10.5. The molecule has 0 N–H and O–H groups in total. The normalized spacial score (nSPS) is 29.9. The zero-order valence-electron chi connectivity index (χ0n) is 30.5. The average molecular weight is 759 g/mol. The van der Waals surface area contributed by atoms with Crippen molar-refractivity contribution >= 4 is 23.6 Å². The molecule has 4 saturated heterocycles. The van der Waals surface area contributed by atoms with Gasteiger partial charge in [-0.1, -0.05) is 24.3 Å². The highest BCUT2D eigenvalue weighted by Gasteiger charge is 2.61. The summed E-state index contributed by atoms with van der Waals surface area (Å²) < 4.78 is 55.8. The van der Waals surface area contributed by atoms with E-state index in [2.05, 4.69) is 5.73 Å². The van der Waals surface area contributed by atoms with Crippen LogP contribution in [0.15, 0.2) is 41.2 Å². The quantitative estimate of drug-likeness (QED) is 0.0448. The predicted octanol–water partition coefficient (Wildman–Crippen LogP) is -0.149. The number of hydrogen-bond donors (Lipinski definition) is 0. The van der Waals surface area contributed by atoms with Crippen LogP contribution in [0.1, 0.15) is 6.42 Å². The maximum atomic E-state index is 12.6. The maximum Gasteiger partial charge on any atom is 0.236 e. The molecular weight excluding hydrogens is 708 g/mol. The van der Waals surface area contributed by atoms with Crippen LogP contribution in [0.2, 0.25) is 0 Å². The van der Waals surface area contributed by atoms with Crippen LogP contribution in [-0.4, -0.2) is 177 Å². The maximum absolute atomic E-state index is 12.6. The molecule has 1 aliphatic carbocycles. The fourth-order valence-corrected chi connectivity index (χ4v) is 7.86. The molecule has 7 rings (SSSR count). The third kappa shape index (κ3) is 9.11. The van der Waals surface area contributed by atoms with Crippen molar-refractivity contribution in [3.63, 3.8) is 0 Å². The lowest BCUT2D eigenvalue weighted by Crippen LogP contribution is -2.37. The van der Waals surface area contributed by atoms with Crippen molar-refractivity contribution in [2.75, 3.05) is 119 Å². The molecule has 8 atom stereocenters. The fraction of sp³-hybridized carbons (Fsp3) is 0.711. The molecule has 0 radical (unpaired) electrons. The topological polar surface area (TPSA) is 167 Å². The van der Waals surface area contributed by atoms with E-state index < -0.39 is 0 Å². The number of fused-ring (bicyclic) bond motifs is 10. The van der Waals surface area contributed by atoms with Crippen LogP contribution in [0.4, 0.5) is 0 Å². The zero-order chi connectivity index (χ0) is 37.3. The molecule has 0 saturated carbocycles. The molecular formula is C38H50N2O14. The van der Waals surface area contributed by atoms with Crippen LogP contribution in [0.3, 0.4) is 0 Å². The summed E-state index contributed by atoms with van der Waals surface area (Å²) in [6, 6.07) is 0. The predicted molar refractivity (Wildman–Crippen MR) is 185 cm³/mol. The number of carbonyl (C=O) groups is 4. The van der Waals surface area contributed by atoms with Crippen molar-refractivity contribution in [1.82, 2.24) is 9.80 Å². The van der Waals surface area contributed by atoms with Crippen molar-refractivity contribution in [2.24, 2.45) is 23.7 Å². The Morgan fingerprint density at radius 1 is 0.444 bits per heavy atom. The zero-order valence-corrected chi connectivity index (χ0v) is 30.5. The van der Waals surface area contributed by atoms with Crippen LogP contribution < -0.4 is 0 Å². The van der Waals surface area contributed by atoms with E-state index >= 15 is 0 Å². The van der Waals surface area contributed by atoms with E-state index in [9.17, 15) is 19.2 Å². The Kier molecular flexibility index (Phi) is 13.9. The van der Waals surface area contributed by atoms with Gasteiger partial charge in [0.2, 0.25) is 23.6 Å². The minimum atomic E-state index is -0.377. The molecule has 6 aliphatic heterocycles. The van der Waals surface area contributed by atoms with Gasteiger partial charge in [-0.25, -0.2) is 0 Å². The lowest BCUT2D eigenvalue weighted by molar-refractivity contribution is -0.144. The van der Waals surface area contributed by atoms with Gasteiger partial charge in [-0.3, -0.25) is 29.0 Å². The first kappa shape index (κ1) is 39.1. The molecule has 0 unspecified atom stereocenters. The summed E-state index contributed by atoms with van der Waals surface area (Å²) in [6.07, 6.45) is 7.25. The molecule has 4 fully saturated rings. The smallest absolute Gasteiger partial charge is 0.236 e. The Morgan fingerprint density at radius 3 is 1.00 bits per heavy atom. The number of likely N-dealkylation sites (tertiary alicyclic amines) is 2. The van der Waals surface area contributed by atoms with Gasteiger partial charge in [-0.15, -0.1) is 5.73 Å². The van der Waals surface area contributed by atoms with Crippen molar-refractivity contribution in [3.05, 3.63) is 41.2 Å². The number of hydrogen-bond acceptors (Lipinski definition) is 14. The number of nitrogens with zero attached hydrogens (tertiary/aromatic N) is 2. The van der Waals surface area contributed by atoms with Crippen LogP contribution in [-0.2, 0) is 66.5 Å². The number of carbonyl (C=O) groups excluding carboxylic acids is 4. The Balaban J connectivity index is 0.586. The van der Waals surface area contributed by atoms with Gasteiger partial charge >= 0.3 is 0 Å². The van der Waals surface area contributed by atoms with Crippen molar-refractivity contribution in [2.45, 2.75) is 30.8 Å².